The summed E-state index contributed by atoms with van der Waals surface area (Å²) in [6.07, 6.45) is 0. The van der Waals surface area contributed by atoms with Gasteiger partial charge in [-0.05, 0) is 58.9 Å². The molecular weight excluding hydrogens is 252 g/mol. The summed E-state index contributed by atoms with van der Waals surface area (Å²) in [6.45, 7) is 11.1. The molecule has 4 heteroatoms. The highest BCUT2D eigenvalue weighted by Gasteiger charge is 2.16. The molecule has 0 fully saturated rings. The Hall–Kier alpha value is -1.84. The number of rotatable bonds is 4. The smallest absolute Gasteiger partial charge is 0.253 e. The summed E-state index contributed by atoms with van der Waals surface area (Å²) in [6, 6.07) is 6.80. The third-order valence-corrected chi connectivity index (χ3v) is 2.93. The molecule has 0 aliphatic heterocycles. The fourth-order valence-corrected chi connectivity index (χ4v) is 1.87. The maximum Gasteiger partial charge on any atom is 0.253 e. The van der Waals surface area contributed by atoms with Gasteiger partial charge in [-0.15, -0.1) is 0 Å². The molecule has 0 radical (unpaired) electrons. The maximum absolute atomic E-state index is 12.1. The van der Waals surface area contributed by atoms with Gasteiger partial charge in [0, 0.05) is 29.8 Å². The Morgan fingerprint density at radius 1 is 1.00 bits per heavy atom. The fraction of sp³-hybridized carbons (Fsp3) is 0.500. The normalized spacial score (nSPS) is 11.1. The SMILES string of the molecule is CCN(CC)C(=O)c1ccc(C(=O)NC(C)(C)C)cc1. The van der Waals surface area contributed by atoms with E-state index in [4.69, 9.17) is 0 Å². The molecule has 1 aromatic rings. The summed E-state index contributed by atoms with van der Waals surface area (Å²) in [5.41, 5.74) is 0.907. The van der Waals surface area contributed by atoms with Gasteiger partial charge >= 0.3 is 0 Å². The standard InChI is InChI=1S/C16H24N2O2/c1-6-18(7-2)15(20)13-10-8-12(9-11-13)14(19)17-16(3,4)5/h8-11H,6-7H2,1-5H3,(H,17,19). The largest absolute Gasteiger partial charge is 0.347 e. The van der Waals surface area contributed by atoms with Crippen molar-refractivity contribution in [3.8, 4) is 0 Å². The molecule has 20 heavy (non-hydrogen) atoms. The summed E-state index contributed by atoms with van der Waals surface area (Å²) in [5.74, 6) is -0.128. The molecule has 1 N–H and O–H groups in total. The number of carbonyl (C=O) groups is 2. The quantitative estimate of drug-likeness (QED) is 0.919. The van der Waals surface area contributed by atoms with Gasteiger partial charge in [-0.3, -0.25) is 9.59 Å². The van der Waals surface area contributed by atoms with Crippen LogP contribution in [-0.2, 0) is 0 Å². The zero-order chi connectivity index (χ0) is 15.3. The fourth-order valence-electron chi connectivity index (χ4n) is 1.87. The van der Waals surface area contributed by atoms with Crippen LogP contribution in [0.15, 0.2) is 24.3 Å². The van der Waals surface area contributed by atoms with Crippen LogP contribution in [-0.4, -0.2) is 35.3 Å². The van der Waals surface area contributed by atoms with Gasteiger partial charge in [-0.2, -0.15) is 0 Å². The Kier molecular flexibility index (Phi) is 5.31. The molecule has 0 spiro atoms. The molecule has 0 aliphatic carbocycles. The minimum Gasteiger partial charge on any atom is -0.347 e. The monoisotopic (exact) mass is 276 g/mol. The second-order valence-electron chi connectivity index (χ2n) is 5.76. The van der Waals surface area contributed by atoms with Gasteiger partial charge in [0.15, 0.2) is 0 Å². The van der Waals surface area contributed by atoms with Crippen molar-refractivity contribution in [3.63, 3.8) is 0 Å². The molecule has 110 valence electrons. The van der Waals surface area contributed by atoms with E-state index in [2.05, 4.69) is 5.32 Å². The van der Waals surface area contributed by atoms with E-state index in [-0.39, 0.29) is 17.4 Å². The van der Waals surface area contributed by atoms with E-state index in [0.717, 1.165) is 0 Å². The first-order valence-electron chi connectivity index (χ1n) is 7.00. The van der Waals surface area contributed by atoms with Crippen molar-refractivity contribution in [3.05, 3.63) is 35.4 Å². The molecule has 0 aliphatic rings. The van der Waals surface area contributed by atoms with Gasteiger partial charge in [0.2, 0.25) is 0 Å². The number of amides is 2. The molecule has 0 bridgehead atoms. The Bertz CT molecular complexity index is 468. The van der Waals surface area contributed by atoms with Crippen molar-refractivity contribution in [1.82, 2.24) is 10.2 Å². The predicted molar refractivity (Wildman–Crippen MR) is 80.9 cm³/mol. The van der Waals surface area contributed by atoms with Crippen molar-refractivity contribution in [2.75, 3.05) is 13.1 Å². The summed E-state index contributed by atoms with van der Waals surface area (Å²) in [5, 5.41) is 2.89. The minimum atomic E-state index is -0.271. The van der Waals surface area contributed by atoms with Crippen LogP contribution in [0.25, 0.3) is 0 Å². The van der Waals surface area contributed by atoms with Crippen molar-refractivity contribution in [1.29, 1.82) is 0 Å². The van der Waals surface area contributed by atoms with Crippen molar-refractivity contribution >= 4 is 11.8 Å². The zero-order valence-corrected chi connectivity index (χ0v) is 13.0. The van der Waals surface area contributed by atoms with Crippen LogP contribution in [0.4, 0.5) is 0 Å². The molecule has 0 saturated carbocycles. The van der Waals surface area contributed by atoms with Gasteiger partial charge in [-0.25, -0.2) is 0 Å². The van der Waals surface area contributed by atoms with E-state index in [0.29, 0.717) is 24.2 Å². The topological polar surface area (TPSA) is 49.4 Å². The van der Waals surface area contributed by atoms with E-state index >= 15 is 0 Å². The highest BCUT2D eigenvalue weighted by molar-refractivity contribution is 5.98. The summed E-state index contributed by atoms with van der Waals surface area (Å²) < 4.78 is 0. The first-order valence-corrected chi connectivity index (χ1v) is 7.00. The lowest BCUT2D eigenvalue weighted by Crippen LogP contribution is -2.40. The third-order valence-electron chi connectivity index (χ3n) is 2.93. The molecule has 0 unspecified atom stereocenters. The highest BCUT2D eigenvalue weighted by Crippen LogP contribution is 2.09. The second-order valence-corrected chi connectivity index (χ2v) is 5.76. The van der Waals surface area contributed by atoms with Crippen molar-refractivity contribution in [2.45, 2.75) is 40.2 Å². The highest BCUT2D eigenvalue weighted by atomic mass is 16.2. The zero-order valence-electron chi connectivity index (χ0n) is 13.0. The van der Waals surface area contributed by atoms with Crippen LogP contribution in [0, 0.1) is 0 Å². The number of carbonyl (C=O) groups excluding carboxylic acids is 2. The molecule has 1 aromatic carbocycles. The Morgan fingerprint density at radius 2 is 1.45 bits per heavy atom. The summed E-state index contributed by atoms with van der Waals surface area (Å²) in [4.78, 5) is 25.9. The molecule has 0 saturated heterocycles. The predicted octanol–water partition coefficient (Wildman–Crippen LogP) is 2.70. The second kappa shape index (κ2) is 6.55. The van der Waals surface area contributed by atoms with E-state index in [1.807, 2.05) is 34.6 Å². The number of nitrogens with one attached hydrogen (secondary N) is 1. The lowest BCUT2D eigenvalue weighted by atomic mass is 10.1. The van der Waals surface area contributed by atoms with Crippen LogP contribution >= 0.6 is 0 Å². The molecule has 4 nitrogen and oxygen atoms in total. The Labute approximate surface area is 121 Å². The lowest BCUT2D eigenvalue weighted by Gasteiger charge is -2.21. The van der Waals surface area contributed by atoms with Crippen LogP contribution in [0.5, 0.6) is 0 Å². The molecule has 2 amide bonds. The van der Waals surface area contributed by atoms with E-state index in [9.17, 15) is 9.59 Å². The van der Waals surface area contributed by atoms with Crippen molar-refractivity contribution < 1.29 is 9.59 Å². The first-order chi connectivity index (χ1) is 9.28. The third kappa shape index (κ3) is 4.37. The van der Waals surface area contributed by atoms with Crippen LogP contribution in [0.3, 0.4) is 0 Å². The van der Waals surface area contributed by atoms with E-state index in [1.165, 1.54) is 0 Å². The van der Waals surface area contributed by atoms with Gasteiger partial charge < -0.3 is 10.2 Å². The Balaban J connectivity index is 2.84. The first kappa shape index (κ1) is 16.2. The minimum absolute atomic E-state index is 0.00206. The van der Waals surface area contributed by atoms with E-state index < -0.39 is 0 Å². The maximum atomic E-state index is 12.1. The van der Waals surface area contributed by atoms with Crippen LogP contribution < -0.4 is 5.32 Å². The summed E-state index contributed by atoms with van der Waals surface area (Å²) in [7, 11) is 0. The van der Waals surface area contributed by atoms with Gasteiger partial charge in [0.1, 0.15) is 0 Å². The van der Waals surface area contributed by atoms with Crippen LogP contribution in [0.2, 0.25) is 0 Å². The Morgan fingerprint density at radius 3 is 1.85 bits per heavy atom. The lowest BCUT2D eigenvalue weighted by molar-refractivity contribution is 0.0772. The molecule has 0 atom stereocenters. The molecule has 1 rings (SSSR count). The van der Waals surface area contributed by atoms with Crippen LogP contribution in [0.1, 0.15) is 55.3 Å². The van der Waals surface area contributed by atoms with E-state index in [1.54, 1.807) is 29.2 Å². The average molecular weight is 276 g/mol. The number of hydrogen-bond acceptors (Lipinski definition) is 2. The number of benzene rings is 1. The van der Waals surface area contributed by atoms with Gasteiger partial charge in [-0.1, -0.05) is 0 Å². The number of nitrogens with zero attached hydrogens (tertiary/aromatic N) is 1. The average Bonchev–Trinajstić information content (AvgIpc) is 2.38. The van der Waals surface area contributed by atoms with Gasteiger partial charge in [0.25, 0.3) is 11.8 Å². The molecule has 0 heterocycles. The molecule has 0 aromatic heterocycles. The van der Waals surface area contributed by atoms with Crippen molar-refractivity contribution in [2.24, 2.45) is 0 Å². The van der Waals surface area contributed by atoms with Gasteiger partial charge in [0.05, 0.1) is 0 Å². The summed E-state index contributed by atoms with van der Waals surface area (Å²) >= 11 is 0. The molecular formula is C16H24N2O2. The number of hydrogen-bond donors (Lipinski definition) is 1.